The molecule has 1 nitrogen and oxygen atoms in total. The summed E-state index contributed by atoms with van der Waals surface area (Å²) in [7, 11) is 0. The van der Waals surface area contributed by atoms with E-state index in [0.29, 0.717) is 0 Å². The third-order valence-electron chi connectivity index (χ3n) is 4.78. The highest BCUT2D eigenvalue weighted by atomic mass is 16.5. The van der Waals surface area contributed by atoms with Crippen molar-refractivity contribution in [2.75, 3.05) is 13.2 Å². The summed E-state index contributed by atoms with van der Waals surface area (Å²) in [5.41, 5.74) is 0. The molecule has 0 heterocycles. The SMILES string of the molecule is CCCCCCCCCCCCCOCCCCCCCCC. The Labute approximate surface area is 148 Å². The number of unbranched alkanes of at least 4 members (excludes halogenated alkanes) is 16. The summed E-state index contributed by atoms with van der Waals surface area (Å²) in [6.45, 7) is 6.55. The predicted octanol–water partition coefficient (Wildman–Crippen LogP) is 8.06. The quantitative estimate of drug-likeness (QED) is 0.205. The van der Waals surface area contributed by atoms with E-state index < -0.39 is 0 Å². The smallest absolute Gasteiger partial charge is 0.0466 e. The number of rotatable bonds is 20. The number of hydrogen-bond donors (Lipinski definition) is 0. The summed E-state index contributed by atoms with van der Waals surface area (Å²) in [4.78, 5) is 0. The molecule has 1 heteroatoms. The Kier molecular flexibility index (Phi) is 21.9. The van der Waals surface area contributed by atoms with Crippen LogP contribution in [0, 0.1) is 0 Å². The molecule has 0 atom stereocenters. The normalized spacial score (nSPS) is 11.2. The molecule has 0 bridgehead atoms. The van der Waals surface area contributed by atoms with Gasteiger partial charge in [-0.2, -0.15) is 0 Å². The van der Waals surface area contributed by atoms with Crippen molar-refractivity contribution >= 4 is 0 Å². The average Bonchev–Trinajstić information content (AvgIpc) is 2.57. The van der Waals surface area contributed by atoms with Crippen molar-refractivity contribution in [2.45, 2.75) is 129 Å². The maximum Gasteiger partial charge on any atom is 0.0466 e. The van der Waals surface area contributed by atoms with Crippen LogP contribution in [-0.4, -0.2) is 13.2 Å². The summed E-state index contributed by atoms with van der Waals surface area (Å²) in [6.07, 6.45) is 25.2. The predicted molar refractivity (Wildman–Crippen MR) is 105 cm³/mol. The van der Waals surface area contributed by atoms with Crippen LogP contribution in [0.15, 0.2) is 0 Å². The van der Waals surface area contributed by atoms with E-state index in [1.54, 1.807) is 0 Å². The van der Waals surface area contributed by atoms with Gasteiger partial charge >= 0.3 is 0 Å². The van der Waals surface area contributed by atoms with Crippen molar-refractivity contribution in [3.63, 3.8) is 0 Å². The van der Waals surface area contributed by atoms with E-state index >= 15 is 0 Å². The standard InChI is InChI=1S/C22H46O/c1-3-5-7-9-11-12-13-14-16-18-20-22-23-21-19-17-15-10-8-6-4-2/h3-22H2,1-2H3. The molecular formula is C22H46O. The second-order valence-electron chi connectivity index (χ2n) is 7.27. The van der Waals surface area contributed by atoms with Crippen molar-refractivity contribution in [2.24, 2.45) is 0 Å². The molecule has 0 aliphatic rings. The fourth-order valence-electron chi connectivity index (χ4n) is 3.13. The molecule has 140 valence electrons. The first-order valence-corrected chi connectivity index (χ1v) is 11.0. The Morgan fingerprint density at radius 2 is 0.609 bits per heavy atom. The van der Waals surface area contributed by atoms with E-state index in [-0.39, 0.29) is 0 Å². The summed E-state index contributed by atoms with van der Waals surface area (Å²) in [5.74, 6) is 0. The van der Waals surface area contributed by atoms with E-state index in [4.69, 9.17) is 4.74 Å². The monoisotopic (exact) mass is 326 g/mol. The average molecular weight is 327 g/mol. The summed E-state index contributed by atoms with van der Waals surface area (Å²) in [5, 5.41) is 0. The zero-order valence-corrected chi connectivity index (χ0v) is 16.6. The van der Waals surface area contributed by atoms with Gasteiger partial charge in [-0.1, -0.05) is 117 Å². The fourth-order valence-corrected chi connectivity index (χ4v) is 3.13. The van der Waals surface area contributed by atoms with Crippen LogP contribution in [0.25, 0.3) is 0 Å². The summed E-state index contributed by atoms with van der Waals surface area (Å²) < 4.78 is 5.74. The highest BCUT2D eigenvalue weighted by Crippen LogP contribution is 2.11. The van der Waals surface area contributed by atoms with Gasteiger partial charge in [-0.3, -0.25) is 0 Å². The van der Waals surface area contributed by atoms with Crippen LogP contribution in [0.4, 0.5) is 0 Å². The van der Waals surface area contributed by atoms with E-state index in [0.717, 1.165) is 13.2 Å². The van der Waals surface area contributed by atoms with Crippen molar-refractivity contribution in [3.8, 4) is 0 Å². The van der Waals surface area contributed by atoms with Gasteiger partial charge in [0, 0.05) is 13.2 Å². The van der Waals surface area contributed by atoms with Crippen molar-refractivity contribution in [3.05, 3.63) is 0 Å². The maximum absolute atomic E-state index is 5.74. The minimum atomic E-state index is 0.992. The van der Waals surface area contributed by atoms with Crippen LogP contribution in [0.2, 0.25) is 0 Å². The number of ether oxygens (including phenoxy) is 1. The topological polar surface area (TPSA) is 9.23 Å². The van der Waals surface area contributed by atoms with Crippen LogP contribution >= 0.6 is 0 Å². The first kappa shape index (κ1) is 23.0. The second-order valence-corrected chi connectivity index (χ2v) is 7.27. The van der Waals surface area contributed by atoms with Gasteiger partial charge in [-0.25, -0.2) is 0 Å². The minimum Gasteiger partial charge on any atom is -0.381 e. The molecule has 0 saturated carbocycles. The lowest BCUT2D eigenvalue weighted by Crippen LogP contribution is -1.97. The molecule has 0 saturated heterocycles. The van der Waals surface area contributed by atoms with Gasteiger partial charge in [-0.05, 0) is 12.8 Å². The van der Waals surface area contributed by atoms with Gasteiger partial charge in [0.1, 0.15) is 0 Å². The molecule has 0 fully saturated rings. The zero-order chi connectivity index (χ0) is 16.8. The largest absolute Gasteiger partial charge is 0.381 e. The molecule has 23 heavy (non-hydrogen) atoms. The Bertz CT molecular complexity index is 170. The molecule has 0 N–H and O–H groups in total. The zero-order valence-electron chi connectivity index (χ0n) is 16.6. The molecule has 0 aromatic rings. The molecule has 0 aliphatic heterocycles. The lowest BCUT2D eigenvalue weighted by Gasteiger charge is -2.05. The molecule has 0 aromatic heterocycles. The number of hydrogen-bond acceptors (Lipinski definition) is 1. The van der Waals surface area contributed by atoms with Gasteiger partial charge < -0.3 is 4.74 Å². The maximum atomic E-state index is 5.74. The van der Waals surface area contributed by atoms with Crippen LogP contribution in [0.3, 0.4) is 0 Å². The lowest BCUT2D eigenvalue weighted by atomic mass is 10.1. The van der Waals surface area contributed by atoms with Gasteiger partial charge in [0.2, 0.25) is 0 Å². The molecule has 0 rings (SSSR count). The van der Waals surface area contributed by atoms with Gasteiger partial charge in [0.25, 0.3) is 0 Å². The highest BCUT2D eigenvalue weighted by Gasteiger charge is 1.94. The van der Waals surface area contributed by atoms with Crippen molar-refractivity contribution in [1.82, 2.24) is 0 Å². The molecule has 0 aromatic carbocycles. The van der Waals surface area contributed by atoms with Gasteiger partial charge in [0.15, 0.2) is 0 Å². The van der Waals surface area contributed by atoms with Gasteiger partial charge in [-0.15, -0.1) is 0 Å². The molecule has 0 radical (unpaired) electrons. The van der Waals surface area contributed by atoms with E-state index in [1.165, 1.54) is 116 Å². The Morgan fingerprint density at radius 3 is 0.913 bits per heavy atom. The molecule has 0 spiro atoms. The van der Waals surface area contributed by atoms with E-state index in [2.05, 4.69) is 13.8 Å². The van der Waals surface area contributed by atoms with Crippen LogP contribution in [0.1, 0.15) is 129 Å². The first-order chi connectivity index (χ1) is 11.4. The van der Waals surface area contributed by atoms with Crippen molar-refractivity contribution < 1.29 is 4.74 Å². The first-order valence-electron chi connectivity index (χ1n) is 11.0. The molecule has 0 unspecified atom stereocenters. The van der Waals surface area contributed by atoms with E-state index in [1.807, 2.05) is 0 Å². The van der Waals surface area contributed by atoms with Crippen molar-refractivity contribution in [1.29, 1.82) is 0 Å². The van der Waals surface area contributed by atoms with Crippen LogP contribution in [-0.2, 0) is 4.74 Å². The van der Waals surface area contributed by atoms with Crippen LogP contribution in [0.5, 0.6) is 0 Å². The molecule has 0 amide bonds. The van der Waals surface area contributed by atoms with Crippen LogP contribution < -0.4 is 0 Å². The molecular weight excluding hydrogens is 280 g/mol. The Hall–Kier alpha value is -0.0400. The second kappa shape index (κ2) is 22.0. The third-order valence-corrected chi connectivity index (χ3v) is 4.78. The summed E-state index contributed by atoms with van der Waals surface area (Å²) in [6, 6.07) is 0. The van der Waals surface area contributed by atoms with E-state index in [9.17, 15) is 0 Å². The Balaban J connectivity index is 2.92. The fraction of sp³-hybridized carbons (Fsp3) is 1.00. The van der Waals surface area contributed by atoms with Gasteiger partial charge in [0.05, 0.1) is 0 Å². The molecule has 0 aliphatic carbocycles. The minimum absolute atomic E-state index is 0.992. The lowest BCUT2D eigenvalue weighted by molar-refractivity contribution is 0.125. The highest BCUT2D eigenvalue weighted by molar-refractivity contribution is 4.48. The third kappa shape index (κ3) is 22.0. The Morgan fingerprint density at radius 1 is 0.348 bits per heavy atom. The summed E-state index contributed by atoms with van der Waals surface area (Å²) >= 11 is 0.